The average molecular weight is 236 g/mol. The first-order chi connectivity index (χ1) is 8.17. The number of ether oxygens (including phenoxy) is 2. The second-order valence-electron chi connectivity index (χ2n) is 4.66. The van der Waals surface area contributed by atoms with Crippen molar-refractivity contribution in [2.24, 2.45) is 0 Å². The van der Waals surface area contributed by atoms with Crippen LogP contribution in [-0.2, 0) is 4.74 Å². The molecule has 2 unspecified atom stereocenters. The van der Waals surface area contributed by atoms with Crippen molar-refractivity contribution in [2.75, 3.05) is 12.4 Å². The van der Waals surface area contributed by atoms with Crippen molar-refractivity contribution in [3.8, 4) is 5.88 Å². The van der Waals surface area contributed by atoms with Crippen molar-refractivity contribution in [2.45, 2.75) is 44.9 Å². The summed E-state index contributed by atoms with van der Waals surface area (Å²) in [6, 6.07) is 4.33. The Morgan fingerprint density at radius 2 is 2.00 bits per heavy atom. The fraction of sp³-hybridized carbons (Fsp3) is 0.615. The molecule has 0 spiro atoms. The number of nitrogens with zero attached hydrogens (tertiary/aromatic N) is 1. The number of nitrogens with one attached hydrogen (secondary N) is 1. The molecule has 0 bridgehead atoms. The zero-order valence-electron chi connectivity index (χ0n) is 10.6. The number of methoxy groups -OCH3 is 1. The molecule has 0 aliphatic carbocycles. The minimum atomic E-state index is 0.322. The molecule has 1 aromatic heterocycles. The molecule has 1 saturated heterocycles. The third kappa shape index (κ3) is 3.33. The Hall–Kier alpha value is -1.29. The van der Waals surface area contributed by atoms with Crippen LogP contribution in [0.3, 0.4) is 0 Å². The maximum absolute atomic E-state index is 5.71. The maximum Gasteiger partial charge on any atom is 0.213 e. The summed E-state index contributed by atoms with van der Waals surface area (Å²) in [5, 5.41) is 3.49. The first kappa shape index (κ1) is 12.2. The van der Waals surface area contributed by atoms with Gasteiger partial charge in [-0.2, -0.15) is 0 Å². The highest BCUT2D eigenvalue weighted by atomic mass is 16.5. The fourth-order valence-electron chi connectivity index (χ4n) is 2.35. The van der Waals surface area contributed by atoms with E-state index < -0.39 is 0 Å². The van der Waals surface area contributed by atoms with Gasteiger partial charge in [-0.1, -0.05) is 0 Å². The van der Waals surface area contributed by atoms with E-state index >= 15 is 0 Å². The van der Waals surface area contributed by atoms with Crippen LogP contribution in [0.25, 0.3) is 0 Å². The van der Waals surface area contributed by atoms with Gasteiger partial charge in [0.15, 0.2) is 0 Å². The van der Waals surface area contributed by atoms with Crippen LogP contribution in [0.1, 0.15) is 26.7 Å². The van der Waals surface area contributed by atoms with E-state index in [-0.39, 0.29) is 0 Å². The van der Waals surface area contributed by atoms with Gasteiger partial charge in [-0.3, -0.25) is 0 Å². The highest BCUT2D eigenvalue weighted by molar-refractivity contribution is 5.43. The van der Waals surface area contributed by atoms with Crippen LogP contribution in [0.2, 0.25) is 0 Å². The van der Waals surface area contributed by atoms with Crippen LogP contribution in [0.5, 0.6) is 5.88 Å². The smallest absolute Gasteiger partial charge is 0.213 e. The molecule has 2 atom stereocenters. The van der Waals surface area contributed by atoms with Gasteiger partial charge in [-0.15, -0.1) is 0 Å². The van der Waals surface area contributed by atoms with Crippen LogP contribution in [0.4, 0.5) is 5.69 Å². The van der Waals surface area contributed by atoms with Gasteiger partial charge in [0.25, 0.3) is 0 Å². The number of aromatic nitrogens is 1. The molecule has 0 amide bonds. The van der Waals surface area contributed by atoms with E-state index in [0.29, 0.717) is 24.1 Å². The van der Waals surface area contributed by atoms with Crippen molar-refractivity contribution in [1.82, 2.24) is 4.98 Å². The number of pyridine rings is 1. The quantitative estimate of drug-likeness (QED) is 0.875. The molecule has 2 heterocycles. The molecule has 1 N–H and O–H groups in total. The van der Waals surface area contributed by atoms with E-state index in [0.717, 1.165) is 18.5 Å². The Bertz CT molecular complexity index is 343. The Kier molecular flexibility index (Phi) is 3.84. The molecule has 1 aliphatic heterocycles. The van der Waals surface area contributed by atoms with E-state index in [2.05, 4.69) is 24.1 Å². The summed E-state index contributed by atoms with van der Waals surface area (Å²) in [6.07, 6.45) is 4.53. The zero-order valence-corrected chi connectivity index (χ0v) is 10.6. The third-order valence-electron chi connectivity index (χ3n) is 3.01. The molecule has 0 saturated carbocycles. The topological polar surface area (TPSA) is 43.4 Å². The maximum atomic E-state index is 5.71. The molecular weight excluding hydrogens is 216 g/mol. The molecule has 4 heteroatoms. The van der Waals surface area contributed by atoms with Gasteiger partial charge in [0, 0.05) is 12.1 Å². The molecule has 17 heavy (non-hydrogen) atoms. The van der Waals surface area contributed by atoms with Gasteiger partial charge >= 0.3 is 0 Å². The lowest BCUT2D eigenvalue weighted by Gasteiger charge is -2.33. The molecule has 0 aromatic carbocycles. The van der Waals surface area contributed by atoms with Gasteiger partial charge in [-0.05, 0) is 32.8 Å². The zero-order chi connectivity index (χ0) is 12.3. The Balaban J connectivity index is 1.95. The lowest BCUT2D eigenvalue weighted by atomic mass is 10.00. The second kappa shape index (κ2) is 5.36. The highest BCUT2D eigenvalue weighted by Crippen LogP contribution is 2.22. The average Bonchev–Trinajstić information content (AvgIpc) is 2.28. The van der Waals surface area contributed by atoms with Gasteiger partial charge in [0.1, 0.15) is 0 Å². The van der Waals surface area contributed by atoms with Crippen LogP contribution >= 0.6 is 0 Å². The Labute approximate surface area is 102 Å². The molecule has 1 fully saturated rings. The number of anilines is 1. The van der Waals surface area contributed by atoms with Crippen molar-refractivity contribution >= 4 is 5.69 Å². The van der Waals surface area contributed by atoms with Crippen molar-refractivity contribution in [3.05, 3.63) is 18.3 Å². The summed E-state index contributed by atoms with van der Waals surface area (Å²) in [5.41, 5.74) is 1.04. The molecule has 94 valence electrons. The normalized spacial score (nSPS) is 28.8. The van der Waals surface area contributed by atoms with Crippen molar-refractivity contribution < 1.29 is 9.47 Å². The van der Waals surface area contributed by atoms with Gasteiger partial charge in [0.2, 0.25) is 5.88 Å². The van der Waals surface area contributed by atoms with Crippen LogP contribution < -0.4 is 10.1 Å². The summed E-state index contributed by atoms with van der Waals surface area (Å²) in [5.74, 6) is 0.643. The molecule has 0 radical (unpaired) electrons. The lowest BCUT2D eigenvalue weighted by molar-refractivity contribution is -0.0337. The van der Waals surface area contributed by atoms with E-state index in [4.69, 9.17) is 9.47 Å². The minimum absolute atomic E-state index is 0.322. The Morgan fingerprint density at radius 1 is 1.29 bits per heavy atom. The standard InChI is InChI=1S/C13H20N2O2/c1-9-6-12(7-10(2)17-9)15-11-4-5-13(16-3)14-8-11/h4-5,8-10,12,15H,6-7H2,1-3H3. The van der Waals surface area contributed by atoms with E-state index in [1.807, 2.05) is 18.3 Å². The summed E-state index contributed by atoms with van der Waals surface area (Å²) < 4.78 is 10.7. The van der Waals surface area contributed by atoms with Gasteiger partial charge in [0.05, 0.1) is 31.2 Å². The second-order valence-corrected chi connectivity index (χ2v) is 4.66. The summed E-state index contributed by atoms with van der Waals surface area (Å²) in [7, 11) is 1.62. The summed E-state index contributed by atoms with van der Waals surface area (Å²) in [4.78, 5) is 4.18. The van der Waals surface area contributed by atoms with Crippen molar-refractivity contribution in [3.63, 3.8) is 0 Å². The molecular formula is C13H20N2O2. The third-order valence-corrected chi connectivity index (χ3v) is 3.01. The predicted molar refractivity (Wildman–Crippen MR) is 67.4 cm³/mol. The fourth-order valence-corrected chi connectivity index (χ4v) is 2.35. The van der Waals surface area contributed by atoms with Gasteiger partial charge < -0.3 is 14.8 Å². The molecule has 1 aliphatic rings. The first-order valence-corrected chi connectivity index (χ1v) is 6.09. The summed E-state index contributed by atoms with van der Waals surface area (Å²) >= 11 is 0. The van der Waals surface area contributed by atoms with Crippen LogP contribution in [0, 0.1) is 0 Å². The number of rotatable bonds is 3. The van der Waals surface area contributed by atoms with Crippen LogP contribution in [-0.4, -0.2) is 30.3 Å². The summed E-state index contributed by atoms with van der Waals surface area (Å²) in [6.45, 7) is 4.24. The number of hydrogen-bond donors (Lipinski definition) is 1. The molecule has 1 aromatic rings. The first-order valence-electron chi connectivity index (χ1n) is 6.09. The number of hydrogen-bond acceptors (Lipinski definition) is 4. The SMILES string of the molecule is COc1ccc(NC2CC(C)OC(C)C2)cn1. The lowest BCUT2D eigenvalue weighted by Crippen LogP contribution is -2.36. The predicted octanol–water partition coefficient (Wildman–Crippen LogP) is 2.46. The van der Waals surface area contributed by atoms with E-state index in [1.54, 1.807) is 7.11 Å². The molecule has 4 nitrogen and oxygen atoms in total. The largest absolute Gasteiger partial charge is 0.481 e. The van der Waals surface area contributed by atoms with Crippen molar-refractivity contribution in [1.29, 1.82) is 0 Å². The minimum Gasteiger partial charge on any atom is -0.481 e. The van der Waals surface area contributed by atoms with E-state index in [9.17, 15) is 0 Å². The Morgan fingerprint density at radius 3 is 2.53 bits per heavy atom. The highest BCUT2D eigenvalue weighted by Gasteiger charge is 2.24. The van der Waals surface area contributed by atoms with Crippen LogP contribution in [0.15, 0.2) is 18.3 Å². The van der Waals surface area contributed by atoms with E-state index in [1.165, 1.54) is 0 Å². The monoisotopic (exact) mass is 236 g/mol. The van der Waals surface area contributed by atoms with Gasteiger partial charge in [-0.25, -0.2) is 4.98 Å². The molecule has 2 rings (SSSR count).